The van der Waals surface area contributed by atoms with Crippen molar-refractivity contribution >= 4 is 39.3 Å². The van der Waals surface area contributed by atoms with E-state index in [1.807, 2.05) is 0 Å². The van der Waals surface area contributed by atoms with Crippen molar-refractivity contribution in [1.82, 2.24) is 9.97 Å². The zero-order valence-corrected chi connectivity index (χ0v) is 11.8. The van der Waals surface area contributed by atoms with E-state index >= 15 is 0 Å². The minimum Gasteiger partial charge on any atom is -0.292 e. The van der Waals surface area contributed by atoms with E-state index in [0.717, 1.165) is 21.7 Å². The Morgan fingerprint density at radius 3 is 2.94 bits per heavy atom. The van der Waals surface area contributed by atoms with Crippen molar-refractivity contribution in [3.05, 3.63) is 10.9 Å². The quantitative estimate of drug-likeness (QED) is 0.386. The fourth-order valence-electron chi connectivity index (χ4n) is 1.44. The molecule has 92 valence electrons. The Balaban J connectivity index is 2.50. The van der Waals surface area contributed by atoms with Crippen molar-refractivity contribution in [2.45, 2.75) is 37.5 Å². The number of hydrazine groups is 1. The van der Waals surface area contributed by atoms with Crippen LogP contribution in [-0.2, 0) is 0 Å². The third kappa shape index (κ3) is 2.70. The van der Waals surface area contributed by atoms with Crippen LogP contribution in [0.15, 0.2) is 11.1 Å². The van der Waals surface area contributed by atoms with E-state index in [0.29, 0.717) is 11.2 Å². The lowest BCUT2D eigenvalue weighted by Gasteiger charge is -2.09. The molecule has 0 saturated carbocycles. The summed E-state index contributed by atoms with van der Waals surface area (Å²) >= 11 is 3.45. The number of anilines is 1. The molecule has 3 N–H and O–H groups in total. The molecule has 2 aromatic rings. The third-order valence-corrected chi connectivity index (χ3v) is 4.71. The molecule has 0 aliphatic heterocycles. The van der Waals surface area contributed by atoms with E-state index in [1.165, 1.54) is 4.88 Å². The van der Waals surface area contributed by atoms with Gasteiger partial charge in [0.05, 0.1) is 0 Å². The first-order valence-electron chi connectivity index (χ1n) is 5.55. The second-order valence-corrected chi connectivity index (χ2v) is 6.57. The number of aromatic nitrogens is 2. The molecule has 2 aromatic heterocycles. The molecule has 2 heterocycles. The third-order valence-electron chi connectivity index (χ3n) is 2.50. The normalized spacial score (nSPS) is 12.9. The molecule has 0 fully saturated rings. The SMILES string of the molecule is CCC(C)Sc1nc(NN)nc2sc(C)cc12. The summed E-state index contributed by atoms with van der Waals surface area (Å²) in [4.78, 5) is 11.1. The van der Waals surface area contributed by atoms with Gasteiger partial charge < -0.3 is 0 Å². The highest BCUT2D eigenvalue weighted by Gasteiger charge is 2.12. The number of nitrogens with zero attached hydrogens (tertiary/aromatic N) is 2. The zero-order valence-electron chi connectivity index (χ0n) is 10.2. The van der Waals surface area contributed by atoms with Crippen LogP contribution in [0.25, 0.3) is 10.2 Å². The number of rotatable bonds is 4. The molecule has 0 radical (unpaired) electrons. The van der Waals surface area contributed by atoms with E-state index in [2.05, 4.69) is 42.2 Å². The summed E-state index contributed by atoms with van der Waals surface area (Å²) in [6.45, 7) is 6.46. The predicted octanol–water partition coefficient (Wildman–Crippen LogP) is 3.18. The smallest absolute Gasteiger partial charge is 0.239 e. The molecule has 0 saturated heterocycles. The van der Waals surface area contributed by atoms with Crippen molar-refractivity contribution in [3.63, 3.8) is 0 Å². The summed E-state index contributed by atoms with van der Waals surface area (Å²) in [6.07, 6.45) is 1.12. The maximum Gasteiger partial charge on any atom is 0.239 e. The Morgan fingerprint density at radius 1 is 1.53 bits per heavy atom. The van der Waals surface area contributed by atoms with Crippen molar-refractivity contribution in [2.75, 3.05) is 5.43 Å². The lowest BCUT2D eigenvalue weighted by Crippen LogP contribution is -2.10. The summed E-state index contributed by atoms with van der Waals surface area (Å²) in [5.41, 5.74) is 2.53. The fraction of sp³-hybridized carbons (Fsp3) is 0.455. The Morgan fingerprint density at radius 2 is 2.29 bits per heavy atom. The van der Waals surface area contributed by atoms with Gasteiger partial charge in [-0.3, -0.25) is 5.43 Å². The molecular formula is C11H16N4S2. The van der Waals surface area contributed by atoms with Gasteiger partial charge in [-0.15, -0.1) is 23.1 Å². The monoisotopic (exact) mass is 268 g/mol. The van der Waals surface area contributed by atoms with Gasteiger partial charge in [0.15, 0.2) is 0 Å². The van der Waals surface area contributed by atoms with E-state index in [9.17, 15) is 0 Å². The molecular weight excluding hydrogens is 252 g/mol. The van der Waals surface area contributed by atoms with Crippen LogP contribution in [0.2, 0.25) is 0 Å². The Bertz CT molecular complexity index is 523. The van der Waals surface area contributed by atoms with E-state index in [4.69, 9.17) is 5.84 Å². The molecule has 1 atom stereocenters. The molecule has 2 rings (SSSR count). The van der Waals surface area contributed by atoms with Gasteiger partial charge in [0.25, 0.3) is 0 Å². The molecule has 1 unspecified atom stereocenters. The van der Waals surface area contributed by atoms with Gasteiger partial charge in [0.1, 0.15) is 9.86 Å². The van der Waals surface area contributed by atoms with Crippen molar-refractivity contribution in [2.24, 2.45) is 5.84 Å². The second kappa shape index (κ2) is 5.20. The van der Waals surface area contributed by atoms with Crippen molar-refractivity contribution < 1.29 is 0 Å². The number of nitrogens with one attached hydrogen (secondary N) is 1. The summed E-state index contributed by atoms with van der Waals surface area (Å²) in [5, 5.41) is 2.69. The first-order valence-corrected chi connectivity index (χ1v) is 7.25. The molecule has 0 aliphatic carbocycles. The van der Waals surface area contributed by atoms with Crippen LogP contribution in [-0.4, -0.2) is 15.2 Å². The minimum atomic E-state index is 0.491. The molecule has 0 aromatic carbocycles. The maximum atomic E-state index is 5.40. The average molecular weight is 268 g/mol. The van der Waals surface area contributed by atoms with Gasteiger partial charge in [-0.1, -0.05) is 13.8 Å². The number of thioether (sulfide) groups is 1. The van der Waals surface area contributed by atoms with Crippen molar-refractivity contribution in [3.8, 4) is 0 Å². The number of fused-ring (bicyclic) bond motifs is 1. The number of thiophene rings is 1. The van der Waals surface area contributed by atoms with Crippen LogP contribution in [0.1, 0.15) is 25.1 Å². The van der Waals surface area contributed by atoms with Crippen LogP contribution in [0.5, 0.6) is 0 Å². The molecule has 0 bridgehead atoms. The number of nitrogen functional groups attached to an aromatic ring is 1. The Labute approximate surface area is 109 Å². The average Bonchev–Trinajstić information content (AvgIpc) is 2.69. The highest BCUT2D eigenvalue weighted by molar-refractivity contribution is 8.00. The van der Waals surface area contributed by atoms with Gasteiger partial charge in [0, 0.05) is 15.5 Å². The van der Waals surface area contributed by atoms with Gasteiger partial charge in [0.2, 0.25) is 5.95 Å². The summed E-state index contributed by atoms with van der Waals surface area (Å²) < 4.78 is 0. The van der Waals surface area contributed by atoms with Crippen molar-refractivity contribution in [1.29, 1.82) is 0 Å². The largest absolute Gasteiger partial charge is 0.292 e. The van der Waals surface area contributed by atoms with Gasteiger partial charge >= 0.3 is 0 Å². The van der Waals surface area contributed by atoms with Crippen LogP contribution in [0.3, 0.4) is 0 Å². The standard InChI is InChI=1S/C11H16N4S2/c1-4-6(2)16-9-8-5-7(3)17-10(8)14-11(13-9)15-12/h5-6H,4,12H2,1-3H3,(H,13,14,15). The molecule has 0 aliphatic rings. The highest BCUT2D eigenvalue weighted by Crippen LogP contribution is 2.34. The second-order valence-electron chi connectivity index (χ2n) is 3.91. The van der Waals surface area contributed by atoms with Gasteiger partial charge in [-0.25, -0.2) is 15.8 Å². The van der Waals surface area contributed by atoms with Gasteiger partial charge in [-0.2, -0.15) is 0 Å². The van der Waals surface area contributed by atoms with E-state index in [-0.39, 0.29) is 0 Å². The zero-order chi connectivity index (χ0) is 12.4. The van der Waals surface area contributed by atoms with E-state index in [1.54, 1.807) is 23.1 Å². The van der Waals surface area contributed by atoms with Crippen LogP contribution in [0, 0.1) is 6.92 Å². The maximum absolute atomic E-state index is 5.40. The Hall–Kier alpha value is -0.850. The fourth-order valence-corrected chi connectivity index (χ4v) is 3.36. The first kappa shape index (κ1) is 12.6. The summed E-state index contributed by atoms with van der Waals surface area (Å²) in [7, 11) is 0. The molecule has 0 amide bonds. The number of hydrogen-bond acceptors (Lipinski definition) is 6. The lowest BCUT2D eigenvalue weighted by atomic mass is 10.4. The van der Waals surface area contributed by atoms with Gasteiger partial charge in [-0.05, 0) is 19.4 Å². The van der Waals surface area contributed by atoms with Crippen LogP contribution < -0.4 is 11.3 Å². The van der Waals surface area contributed by atoms with Crippen LogP contribution >= 0.6 is 23.1 Å². The highest BCUT2D eigenvalue weighted by atomic mass is 32.2. The van der Waals surface area contributed by atoms with E-state index < -0.39 is 0 Å². The molecule has 17 heavy (non-hydrogen) atoms. The lowest BCUT2D eigenvalue weighted by molar-refractivity contribution is 0.901. The summed E-state index contributed by atoms with van der Waals surface area (Å²) in [5.74, 6) is 5.89. The molecule has 4 nitrogen and oxygen atoms in total. The molecule has 0 spiro atoms. The first-order chi connectivity index (χ1) is 8.13. The number of hydrogen-bond donors (Lipinski definition) is 2. The van der Waals surface area contributed by atoms with Crippen LogP contribution in [0.4, 0.5) is 5.95 Å². The summed E-state index contributed by atoms with van der Waals surface area (Å²) in [6, 6.07) is 2.14. The Kier molecular flexibility index (Phi) is 3.86. The topological polar surface area (TPSA) is 63.8 Å². The predicted molar refractivity (Wildman–Crippen MR) is 75.6 cm³/mol. The minimum absolute atomic E-state index is 0.491. The number of aryl methyl sites for hydroxylation is 1. The molecule has 6 heteroatoms. The number of nitrogens with two attached hydrogens (primary N) is 1.